The predicted molar refractivity (Wildman–Crippen MR) is 111 cm³/mol. The molecule has 0 spiro atoms. The summed E-state index contributed by atoms with van der Waals surface area (Å²) in [6.45, 7) is 3.91. The standard InChI is InChI=1S/C21H18INO4/c1-3-4-19(24)26-16-8-5-14(6-9-16)12-18-21(25)27-20(23-18)15-7-10-17(22)13(2)11-15/h5-12H,3-4H2,1-2H3/b18-12-. The lowest BCUT2D eigenvalue weighted by Gasteiger charge is -2.03. The molecule has 6 heteroatoms. The maximum Gasteiger partial charge on any atom is 0.363 e. The topological polar surface area (TPSA) is 65.0 Å². The van der Waals surface area contributed by atoms with E-state index in [1.54, 1.807) is 30.3 Å². The minimum atomic E-state index is -0.486. The predicted octanol–water partition coefficient (Wildman–Crippen LogP) is 4.65. The number of aryl methyl sites for hydroxylation is 1. The molecule has 0 aliphatic carbocycles. The van der Waals surface area contributed by atoms with Crippen molar-refractivity contribution in [3.63, 3.8) is 0 Å². The highest BCUT2D eigenvalue weighted by molar-refractivity contribution is 14.1. The molecule has 27 heavy (non-hydrogen) atoms. The van der Waals surface area contributed by atoms with Crippen LogP contribution in [0, 0.1) is 10.5 Å². The molecule has 0 saturated carbocycles. The van der Waals surface area contributed by atoms with Gasteiger partial charge in [-0.3, -0.25) is 4.79 Å². The van der Waals surface area contributed by atoms with E-state index < -0.39 is 5.97 Å². The number of carbonyl (C=O) groups excluding carboxylic acids is 2. The molecule has 2 aromatic carbocycles. The first-order valence-electron chi connectivity index (χ1n) is 8.56. The van der Waals surface area contributed by atoms with Gasteiger partial charge in [-0.05, 0) is 83.5 Å². The number of benzene rings is 2. The molecule has 0 aromatic heterocycles. The summed E-state index contributed by atoms with van der Waals surface area (Å²) in [6, 6.07) is 12.7. The van der Waals surface area contributed by atoms with Crippen LogP contribution in [0.25, 0.3) is 6.08 Å². The third-order valence-electron chi connectivity index (χ3n) is 3.89. The van der Waals surface area contributed by atoms with Crippen molar-refractivity contribution in [1.29, 1.82) is 0 Å². The lowest BCUT2D eigenvalue weighted by atomic mass is 10.1. The average Bonchev–Trinajstić information content (AvgIpc) is 3.00. The molecule has 3 rings (SSSR count). The van der Waals surface area contributed by atoms with Crippen molar-refractivity contribution in [2.24, 2.45) is 4.99 Å². The Kier molecular flexibility index (Phi) is 6.05. The fourth-order valence-corrected chi connectivity index (χ4v) is 2.82. The van der Waals surface area contributed by atoms with Crippen molar-refractivity contribution >= 4 is 46.5 Å². The van der Waals surface area contributed by atoms with Crippen LogP contribution in [0.4, 0.5) is 0 Å². The van der Waals surface area contributed by atoms with Gasteiger partial charge in [0.1, 0.15) is 5.75 Å². The molecule has 0 saturated heterocycles. The number of hydrogen-bond acceptors (Lipinski definition) is 5. The van der Waals surface area contributed by atoms with Gasteiger partial charge in [0.25, 0.3) is 0 Å². The fraction of sp³-hybridized carbons (Fsp3) is 0.190. The third-order valence-corrected chi connectivity index (χ3v) is 5.11. The Morgan fingerprint density at radius 2 is 1.96 bits per heavy atom. The van der Waals surface area contributed by atoms with Gasteiger partial charge in [-0.25, -0.2) is 9.79 Å². The fourth-order valence-electron chi connectivity index (χ4n) is 2.49. The number of hydrogen-bond donors (Lipinski definition) is 0. The minimum Gasteiger partial charge on any atom is -0.427 e. The van der Waals surface area contributed by atoms with E-state index in [9.17, 15) is 9.59 Å². The van der Waals surface area contributed by atoms with E-state index >= 15 is 0 Å². The third kappa shape index (κ3) is 4.82. The summed E-state index contributed by atoms with van der Waals surface area (Å²) in [6.07, 6.45) is 2.77. The van der Waals surface area contributed by atoms with Crippen LogP contribution in [-0.2, 0) is 14.3 Å². The molecule has 0 bridgehead atoms. The number of aliphatic imine (C=N–C) groups is 1. The minimum absolute atomic E-state index is 0.233. The van der Waals surface area contributed by atoms with Gasteiger partial charge in [-0.1, -0.05) is 19.1 Å². The van der Waals surface area contributed by atoms with E-state index in [0.717, 1.165) is 26.7 Å². The molecule has 1 heterocycles. The summed E-state index contributed by atoms with van der Waals surface area (Å²) in [5.41, 5.74) is 2.86. The second-order valence-electron chi connectivity index (χ2n) is 6.09. The van der Waals surface area contributed by atoms with Crippen molar-refractivity contribution in [3.8, 4) is 5.75 Å². The number of esters is 2. The summed E-state index contributed by atoms with van der Waals surface area (Å²) in [5.74, 6) is 0.0312. The Balaban J connectivity index is 1.78. The number of ether oxygens (including phenoxy) is 2. The van der Waals surface area contributed by atoms with Gasteiger partial charge in [0.15, 0.2) is 5.70 Å². The first kappa shape index (κ1) is 19.3. The Bertz CT molecular complexity index is 945. The number of cyclic esters (lactones) is 1. The van der Waals surface area contributed by atoms with Gasteiger partial charge in [0.05, 0.1) is 0 Å². The van der Waals surface area contributed by atoms with Crippen molar-refractivity contribution in [3.05, 3.63) is 68.4 Å². The van der Waals surface area contributed by atoms with E-state index in [2.05, 4.69) is 27.6 Å². The molecule has 1 aliphatic heterocycles. The van der Waals surface area contributed by atoms with Gasteiger partial charge in [0, 0.05) is 15.6 Å². The van der Waals surface area contributed by atoms with Crippen LogP contribution in [0.15, 0.2) is 53.2 Å². The molecule has 0 unspecified atom stereocenters. The summed E-state index contributed by atoms with van der Waals surface area (Å²) < 4.78 is 11.7. The van der Waals surface area contributed by atoms with E-state index in [0.29, 0.717) is 18.1 Å². The monoisotopic (exact) mass is 475 g/mol. The van der Waals surface area contributed by atoms with E-state index in [-0.39, 0.29) is 11.7 Å². The van der Waals surface area contributed by atoms with Gasteiger partial charge >= 0.3 is 11.9 Å². The molecule has 0 amide bonds. The number of nitrogens with zero attached hydrogens (tertiary/aromatic N) is 1. The van der Waals surface area contributed by atoms with Crippen LogP contribution in [0.1, 0.15) is 36.5 Å². The van der Waals surface area contributed by atoms with Gasteiger partial charge in [0.2, 0.25) is 5.90 Å². The van der Waals surface area contributed by atoms with E-state index in [4.69, 9.17) is 9.47 Å². The van der Waals surface area contributed by atoms with Crippen LogP contribution in [0.2, 0.25) is 0 Å². The van der Waals surface area contributed by atoms with E-state index in [1.165, 1.54) is 0 Å². The molecule has 2 aromatic rings. The zero-order chi connectivity index (χ0) is 19.4. The Hall–Kier alpha value is -2.48. The van der Waals surface area contributed by atoms with Crippen LogP contribution >= 0.6 is 22.6 Å². The summed E-state index contributed by atoms with van der Waals surface area (Å²) in [5, 5.41) is 0. The largest absolute Gasteiger partial charge is 0.427 e. The smallest absolute Gasteiger partial charge is 0.363 e. The second-order valence-corrected chi connectivity index (χ2v) is 7.26. The van der Waals surface area contributed by atoms with E-state index in [1.807, 2.05) is 32.0 Å². The van der Waals surface area contributed by atoms with Crippen LogP contribution < -0.4 is 4.74 Å². The second kappa shape index (κ2) is 8.47. The highest BCUT2D eigenvalue weighted by Gasteiger charge is 2.24. The highest BCUT2D eigenvalue weighted by atomic mass is 127. The van der Waals surface area contributed by atoms with Crippen molar-refractivity contribution in [1.82, 2.24) is 0 Å². The quantitative estimate of drug-likeness (QED) is 0.274. The molecule has 0 N–H and O–H groups in total. The number of carbonyl (C=O) groups is 2. The molecular weight excluding hydrogens is 457 g/mol. The molecule has 138 valence electrons. The number of rotatable bonds is 5. The van der Waals surface area contributed by atoms with Gasteiger partial charge in [-0.2, -0.15) is 0 Å². The molecule has 0 atom stereocenters. The number of halogens is 1. The summed E-state index contributed by atoms with van der Waals surface area (Å²) in [4.78, 5) is 28.0. The van der Waals surface area contributed by atoms with Crippen LogP contribution in [-0.4, -0.2) is 17.8 Å². The van der Waals surface area contributed by atoms with Crippen molar-refractivity contribution < 1.29 is 19.1 Å². The highest BCUT2D eigenvalue weighted by Crippen LogP contribution is 2.22. The zero-order valence-electron chi connectivity index (χ0n) is 15.0. The first-order valence-corrected chi connectivity index (χ1v) is 9.64. The lowest BCUT2D eigenvalue weighted by molar-refractivity contribution is -0.134. The Morgan fingerprint density at radius 1 is 1.22 bits per heavy atom. The molecule has 1 aliphatic rings. The summed E-state index contributed by atoms with van der Waals surface area (Å²) in [7, 11) is 0. The van der Waals surface area contributed by atoms with Crippen LogP contribution in [0.5, 0.6) is 5.75 Å². The van der Waals surface area contributed by atoms with Crippen molar-refractivity contribution in [2.45, 2.75) is 26.7 Å². The van der Waals surface area contributed by atoms with Crippen LogP contribution in [0.3, 0.4) is 0 Å². The van der Waals surface area contributed by atoms with Gasteiger partial charge < -0.3 is 9.47 Å². The normalized spacial score (nSPS) is 14.9. The zero-order valence-corrected chi connectivity index (χ0v) is 17.1. The maximum atomic E-state index is 12.1. The first-order chi connectivity index (χ1) is 13.0. The Morgan fingerprint density at radius 3 is 2.63 bits per heavy atom. The molecule has 0 fully saturated rings. The maximum absolute atomic E-state index is 12.1. The lowest BCUT2D eigenvalue weighted by Crippen LogP contribution is -2.06. The molecule has 0 radical (unpaired) electrons. The molecule has 5 nitrogen and oxygen atoms in total. The average molecular weight is 475 g/mol. The Labute approximate surface area is 171 Å². The SMILES string of the molecule is CCCC(=O)Oc1ccc(/C=C2\N=C(c3ccc(I)c(C)c3)OC2=O)cc1. The van der Waals surface area contributed by atoms with Gasteiger partial charge in [-0.15, -0.1) is 0 Å². The summed E-state index contributed by atoms with van der Waals surface area (Å²) >= 11 is 2.25. The molecular formula is C21H18INO4. The van der Waals surface area contributed by atoms with Crippen molar-refractivity contribution in [2.75, 3.05) is 0 Å².